The molecule has 0 saturated heterocycles. The highest BCUT2D eigenvalue weighted by Gasteiger charge is 2.13. The highest BCUT2D eigenvalue weighted by atomic mass is 16.4. The summed E-state index contributed by atoms with van der Waals surface area (Å²) in [5, 5.41) is 23.1. The fraction of sp³-hybridized carbons (Fsp3) is 0. The second-order valence-corrected chi connectivity index (χ2v) is 6.74. The Hall–Kier alpha value is -4.63. The molecule has 1 aromatic heterocycles. The summed E-state index contributed by atoms with van der Waals surface area (Å²) in [6, 6.07) is 24.7. The van der Waals surface area contributed by atoms with Crippen LogP contribution < -0.4 is 5.32 Å². The van der Waals surface area contributed by atoms with Crippen LogP contribution in [0.2, 0.25) is 0 Å². The van der Waals surface area contributed by atoms with Gasteiger partial charge >= 0.3 is 5.97 Å². The second kappa shape index (κ2) is 8.39. The van der Waals surface area contributed by atoms with Gasteiger partial charge < -0.3 is 14.8 Å². The number of nitriles is 1. The molecule has 0 unspecified atom stereocenters. The third-order valence-electron chi connectivity index (χ3n) is 4.73. The van der Waals surface area contributed by atoms with Crippen molar-refractivity contribution in [1.29, 1.82) is 5.26 Å². The third kappa shape index (κ3) is 4.21. The zero-order chi connectivity index (χ0) is 21.8. The molecule has 6 heteroatoms. The molecule has 0 fully saturated rings. The van der Waals surface area contributed by atoms with Gasteiger partial charge in [-0.2, -0.15) is 5.26 Å². The maximum atomic E-state index is 12.7. The number of hydrogen-bond acceptors (Lipinski definition) is 4. The number of benzene rings is 3. The van der Waals surface area contributed by atoms with Crippen molar-refractivity contribution < 1.29 is 19.1 Å². The van der Waals surface area contributed by atoms with E-state index in [1.54, 1.807) is 30.3 Å². The zero-order valence-electron chi connectivity index (χ0n) is 16.2. The largest absolute Gasteiger partial charge is 0.478 e. The Bertz CT molecular complexity index is 1350. The van der Waals surface area contributed by atoms with Crippen LogP contribution in [0.3, 0.4) is 0 Å². The minimum atomic E-state index is -1.01. The maximum absolute atomic E-state index is 12.7. The van der Waals surface area contributed by atoms with E-state index in [1.165, 1.54) is 18.2 Å². The van der Waals surface area contributed by atoms with Crippen LogP contribution in [0.5, 0.6) is 0 Å². The third-order valence-corrected chi connectivity index (χ3v) is 4.73. The molecule has 0 radical (unpaired) electrons. The summed E-state index contributed by atoms with van der Waals surface area (Å²) in [4.78, 5) is 23.6. The van der Waals surface area contributed by atoms with Crippen molar-refractivity contribution in [2.24, 2.45) is 0 Å². The fourth-order valence-corrected chi connectivity index (χ4v) is 3.18. The number of rotatable bonds is 5. The predicted octanol–water partition coefficient (Wildman–Crippen LogP) is 5.34. The molecule has 31 heavy (non-hydrogen) atoms. The summed E-state index contributed by atoms with van der Waals surface area (Å²) >= 11 is 0. The summed E-state index contributed by atoms with van der Waals surface area (Å²) in [6.07, 6.45) is 1.37. The van der Waals surface area contributed by atoms with Crippen LogP contribution in [0.1, 0.15) is 16.1 Å². The first-order valence-corrected chi connectivity index (χ1v) is 9.39. The Labute approximate surface area is 177 Å². The van der Waals surface area contributed by atoms with E-state index in [-0.39, 0.29) is 11.1 Å². The van der Waals surface area contributed by atoms with Crippen LogP contribution in [0.15, 0.2) is 88.9 Å². The van der Waals surface area contributed by atoms with E-state index < -0.39 is 11.9 Å². The van der Waals surface area contributed by atoms with Crippen LogP contribution in [-0.4, -0.2) is 17.0 Å². The highest BCUT2D eigenvalue weighted by molar-refractivity contribution is 6.12. The standard InChI is InChI=1S/C25H16N2O4/c26-15-19(24(28)27-22-7-3-5-16-4-1-2-6-21(16)22)14-20-12-13-23(31-20)17-8-10-18(11-9-17)25(29)30/h1-14H,(H,27,28)(H,29,30)/b19-14+. The first-order chi connectivity index (χ1) is 15.0. The van der Waals surface area contributed by atoms with Gasteiger partial charge in [0.2, 0.25) is 0 Å². The van der Waals surface area contributed by atoms with Crippen LogP contribution >= 0.6 is 0 Å². The van der Waals surface area contributed by atoms with E-state index in [9.17, 15) is 14.9 Å². The van der Waals surface area contributed by atoms with E-state index in [0.717, 1.165) is 10.8 Å². The topological polar surface area (TPSA) is 103 Å². The molecular weight excluding hydrogens is 392 g/mol. The van der Waals surface area contributed by atoms with Crippen LogP contribution in [-0.2, 0) is 4.79 Å². The highest BCUT2D eigenvalue weighted by Crippen LogP contribution is 2.25. The number of nitrogens with one attached hydrogen (secondary N) is 1. The van der Waals surface area contributed by atoms with Crippen molar-refractivity contribution in [1.82, 2.24) is 0 Å². The summed E-state index contributed by atoms with van der Waals surface area (Å²) in [5.41, 5.74) is 1.37. The van der Waals surface area contributed by atoms with Gasteiger partial charge in [0, 0.05) is 22.7 Å². The number of carboxylic acids is 1. The SMILES string of the molecule is N#C/C(=C\c1ccc(-c2ccc(C(=O)O)cc2)o1)C(=O)Nc1cccc2ccccc12. The molecule has 0 aliphatic carbocycles. The van der Waals surface area contributed by atoms with Crippen molar-refractivity contribution in [3.8, 4) is 17.4 Å². The maximum Gasteiger partial charge on any atom is 0.335 e. The number of hydrogen-bond donors (Lipinski definition) is 2. The Morgan fingerprint density at radius 2 is 1.68 bits per heavy atom. The predicted molar refractivity (Wildman–Crippen MR) is 117 cm³/mol. The number of carbonyl (C=O) groups is 2. The Morgan fingerprint density at radius 1 is 0.935 bits per heavy atom. The minimum Gasteiger partial charge on any atom is -0.478 e. The number of carbonyl (C=O) groups excluding carboxylic acids is 1. The lowest BCUT2D eigenvalue weighted by Crippen LogP contribution is -2.13. The summed E-state index contributed by atoms with van der Waals surface area (Å²) in [5.74, 6) is -0.718. The molecule has 0 spiro atoms. The smallest absolute Gasteiger partial charge is 0.335 e. The molecule has 1 amide bonds. The van der Waals surface area contributed by atoms with Gasteiger partial charge in [-0.15, -0.1) is 0 Å². The number of nitrogens with zero attached hydrogens (tertiary/aromatic N) is 1. The molecule has 4 rings (SSSR count). The van der Waals surface area contributed by atoms with Gasteiger partial charge in [0.1, 0.15) is 23.2 Å². The average molecular weight is 408 g/mol. The molecule has 0 aliphatic rings. The fourth-order valence-electron chi connectivity index (χ4n) is 3.18. The first kappa shape index (κ1) is 19.7. The average Bonchev–Trinajstić information content (AvgIpc) is 3.26. The summed E-state index contributed by atoms with van der Waals surface area (Å²) in [6.45, 7) is 0. The van der Waals surface area contributed by atoms with E-state index in [0.29, 0.717) is 22.8 Å². The molecule has 3 aromatic carbocycles. The van der Waals surface area contributed by atoms with Gasteiger partial charge in [-0.1, -0.05) is 48.5 Å². The van der Waals surface area contributed by atoms with Crippen molar-refractivity contribution in [3.05, 3.63) is 95.8 Å². The van der Waals surface area contributed by atoms with E-state index >= 15 is 0 Å². The van der Waals surface area contributed by atoms with Crippen molar-refractivity contribution in [2.75, 3.05) is 5.32 Å². The van der Waals surface area contributed by atoms with Crippen LogP contribution in [0.4, 0.5) is 5.69 Å². The summed E-state index contributed by atoms with van der Waals surface area (Å²) < 4.78 is 5.72. The molecule has 150 valence electrons. The normalized spacial score (nSPS) is 11.1. The van der Waals surface area contributed by atoms with E-state index in [2.05, 4.69) is 5.32 Å². The van der Waals surface area contributed by atoms with Crippen molar-refractivity contribution in [2.45, 2.75) is 0 Å². The lowest BCUT2D eigenvalue weighted by atomic mass is 10.1. The van der Waals surface area contributed by atoms with Gasteiger partial charge in [0.25, 0.3) is 5.91 Å². The van der Waals surface area contributed by atoms with Gasteiger partial charge in [-0.05, 0) is 35.7 Å². The van der Waals surface area contributed by atoms with Gasteiger partial charge in [0.15, 0.2) is 0 Å². The Kier molecular flexibility index (Phi) is 5.33. The van der Waals surface area contributed by atoms with Crippen LogP contribution in [0, 0.1) is 11.3 Å². The molecule has 6 nitrogen and oxygen atoms in total. The molecule has 0 saturated carbocycles. The molecular formula is C25H16N2O4. The van der Waals surface area contributed by atoms with Crippen molar-refractivity contribution >= 4 is 34.4 Å². The molecule has 0 atom stereocenters. The minimum absolute atomic E-state index is 0.102. The molecule has 1 heterocycles. The second-order valence-electron chi connectivity index (χ2n) is 6.74. The zero-order valence-corrected chi connectivity index (χ0v) is 16.2. The monoisotopic (exact) mass is 408 g/mol. The van der Waals surface area contributed by atoms with Crippen molar-refractivity contribution in [3.63, 3.8) is 0 Å². The molecule has 4 aromatic rings. The van der Waals surface area contributed by atoms with Crippen LogP contribution in [0.25, 0.3) is 28.2 Å². The quantitative estimate of drug-likeness (QED) is 0.342. The first-order valence-electron chi connectivity index (χ1n) is 9.39. The van der Waals surface area contributed by atoms with Gasteiger partial charge in [-0.3, -0.25) is 4.79 Å². The number of carboxylic acid groups (broad SMARTS) is 1. The lowest BCUT2D eigenvalue weighted by molar-refractivity contribution is -0.112. The van der Waals surface area contributed by atoms with E-state index in [4.69, 9.17) is 9.52 Å². The number of amides is 1. The Morgan fingerprint density at radius 3 is 2.42 bits per heavy atom. The Balaban J connectivity index is 1.56. The number of fused-ring (bicyclic) bond motifs is 1. The number of anilines is 1. The number of aromatic carboxylic acids is 1. The molecule has 0 aliphatic heterocycles. The van der Waals surface area contributed by atoms with Gasteiger partial charge in [0.05, 0.1) is 5.56 Å². The lowest BCUT2D eigenvalue weighted by Gasteiger charge is -2.08. The summed E-state index contributed by atoms with van der Waals surface area (Å²) in [7, 11) is 0. The van der Waals surface area contributed by atoms with E-state index in [1.807, 2.05) is 42.5 Å². The number of furan rings is 1. The molecule has 0 bridgehead atoms. The molecule has 2 N–H and O–H groups in total. The van der Waals surface area contributed by atoms with Gasteiger partial charge in [-0.25, -0.2) is 4.79 Å².